The Balaban J connectivity index is 1.88. The molecule has 1 aliphatic heterocycles. The minimum absolute atomic E-state index is 0.335. The largest absolute Gasteiger partial charge is 0.498 e. The summed E-state index contributed by atoms with van der Waals surface area (Å²) in [5.41, 5.74) is 2.73. The van der Waals surface area contributed by atoms with Crippen molar-refractivity contribution in [1.82, 2.24) is 4.90 Å². The summed E-state index contributed by atoms with van der Waals surface area (Å²) in [4.78, 5) is 9.24. The number of rotatable bonds is 7. The maximum absolute atomic E-state index is 5.77. The van der Waals surface area contributed by atoms with Crippen molar-refractivity contribution in [2.24, 2.45) is 5.16 Å². The Morgan fingerprint density at radius 1 is 1.15 bits per heavy atom. The Bertz CT molecular complexity index is 786. The van der Waals surface area contributed by atoms with E-state index in [2.05, 4.69) is 54.4 Å². The molecule has 0 bridgehead atoms. The van der Waals surface area contributed by atoms with Crippen LogP contribution in [0.1, 0.15) is 25.0 Å². The molecule has 0 aliphatic carbocycles. The molecule has 0 saturated carbocycles. The quantitative estimate of drug-likeness (QED) is 0.387. The van der Waals surface area contributed by atoms with Crippen molar-refractivity contribution in [3.63, 3.8) is 0 Å². The first kappa shape index (κ1) is 19.4. The Hall–Kier alpha value is -2.40. The highest BCUT2D eigenvalue weighted by molar-refractivity contribution is 7.98. The molecule has 142 valence electrons. The highest BCUT2D eigenvalue weighted by atomic mass is 32.2. The molecule has 1 aliphatic rings. The van der Waals surface area contributed by atoms with E-state index >= 15 is 0 Å². The predicted octanol–water partition coefficient (Wildman–Crippen LogP) is 4.91. The lowest BCUT2D eigenvalue weighted by Gasteiger charge is -2.39. The van der Waals surface area contributed by atoms with Gasteiger partial charge in [-0.15, -0.1) is 11.8 Å². The van der Waals surface area contributed by atoms with Gasteiger partial charge in [0.05, 0.1) is 18.3 Å². The monoisotopic (exact) mass is 382 g/mol. The Morgan fingerprint density at radius 2 is 1.89 bits per heavy atom. The summed E-state index contributed by atoms with van der Waals surface area (Å²) in [6.07, 6.45) is 5.80. The minimum Gasteiger partial charge on any atom is -0.498 e. The number of hydrogen-bond acceptors (Lipinski definition) is 5. The zero-order valence-corrected chi connectivity index (χ0v) is 16.9. The highest BCUT2D eigenvalue weighted by Crippen LogP contribution is 2.25. The van der Waals surface area contributed by atoms with E-state index in [-0.39, 0.29) is 5.54 Å². The molecule has 0 atom stereocenters. The molecule has 0 spiro atoms. The molecule has 0 amide bonds. The number of benzene rings is 2. The molecular weight excluding hydrogens is 356 g/mol. The van der Waals surface area contributed by atoms with E-state index in [1.54, 1.807) is 18.0 Å². The average molecular weight is 383 g/mol. The second-order valence-corrected chi connectivity index (χ2v) is 7.72. The number of oxime groups is 1. The predicted molar refractivity (Wildman–Crippen MR) is 112 cm³/mol. The molecule has 0 unspecified atom stereocenters. The molecule has 0 N–H and O–H groups in total. The summed E-state index contributed by atoms with van der Waals surface area (Å²) < 4.78 is 5.35. The zero-order valence-electron chi connectivity index (χ0n) is 16.1. The van der Waals surface area contributed by atoms with Crippen molar-refractivity contribution in [1.29, 1.82) is 0 Å². The number of nitrogens with zero attached hydrogens (tertiary/aromatic N) is 2. The molecule has 2 aromatic rings. The molecule has 3 rings (SSSR count). The van der Waals surface area contributed by atoms with Crippen molar-refractivity contribution in [3.05, 3.63) is 78.2 Å². The Labute approximate surface area is 165 Å². The molecule has 5 heteroatoms. The van der Waals surface area contributed by atoms with Crippen LogP contribution in [0.4, 0.5) is 0 Å². The molecule has 0 aromatic heterocycles. The van der Waals surface area contributed by atoms with Gasteiger partial charge in [-0.1, -0.05) is 47.6 Å². The van der Waals surface area contributed by atoms with Gasteiger partial charge in [0.15, 0.2) is 0 Å². The summed E-state index contributed by atoms with van der Waals surface area (Å²) in [6.45, 7) is 6.25. The fraction of sp³-hybridized carbons (Fsp3) is 0.318. The zero-order chi connectivity index (χ0) is 19.1. The van der Waals surface area contributed by atoms with Gasteiger partial charge >= 0.3 is 0 Å². The van der Waals surface area contributed by atoms with Gasteiger partial charge in [-0.25, -0.2) is 0 Å². The van der Waals surface area contributed by atoms with Crippen LogP contribution in [-0.2, 0) is 16.2 Å². The summed E-state index contributed by atoms with van der Waals surface area (Å²) in [7, 11) is 0. The van der Waals surface area contributed by atoms with E-state index in [4.69, 9.17) is 9.57 Å². The average Bonchev–Trinajstić information content (AvgIpc) is 2.73. The van der Waals surface area contributed by atoms with Crippen LogP contribution in [0.5, 0.6) is 0 Å². The third kappa shape index (κ3) is 4.86. The van der Waals surface area contributed by atoms with Crippen molar-refractivity contribution in [3.8, 4) is 0 Å². The Kier molecular flexibility index (Phi) is 6.45. The lowest BCUT2D eigenvalue weighted by atomic mass is 9.90. The van der Waals surface area contributed by atoms with Crippen molar-refractivity contribution in [2.45, 2.75) is 30.9 Å². The lowest BCUT2D eigenvalue weighted by molar-refractivity contribution is 0.114. The molecule has 0 saturated heterocycles. The standard InChI is InChI=1S/C22H26N2O2S/c1-22(2,24-13-15-25-16-14-24)21(19-9-11-20(27-3)12-10-19)23-26-17-18-7-5-4-6-8-18/h4-13,15H,14,16-17H2,1-3H3. The van der Waals surface area contributed by atoms with Crippen molar-refractivity contribution in [2.75, 3.05) is 19.4 Å². The summed E-state index contributed by atoms with van der Waals surface area (Å²) in [5, 5.41) is 4.59. The second kappa shape index (κ2) is 9.00. The van der Waals surface area contributed by atoms with Crippen LogP contribution in [0.3, 0.4) is 0 Å². The van der Waals surface area contributed by atoms with E-state index in [9.17, 15) is 0 Å². The van der Waals surface area contributed by atoms with E-state index in [1.807, 2.05) is 36.5 Å². The fourth-order valence-corrected chi connectivity index (χ4v) is 3.43. The van der Waals surface area contributed by atoms with E-state index in [0.29, 0.717) is 13.2 Å². The molecule has 4 nitrogen and oxygen atoms in total. The number of thioether (sulfide) groups is 1. The lowest BCUT2D eigenvalue weighted by Crippen LogP contribution is -2.49. The van der Waals surface area contributed by atoms with Gasteiger partial charge in [0.25, 0.3) is 0 Å². The van der Waals surface area contributed by atoms with Crippen molar-refractivity contribution < 1.29 is 9.57 Å². The molecular formula is C22H26N2O2S. The summed E-state index contributed by atoms with van der Waals surface area (Å²) in [6, 6.07) is 18.6. The van der Waals surface area contributed by atoms with Crippen LogP contribution in [0.15, 0.2) is 77.1 Å². The topological polar surface area (TPSA) is 34.1 Å². The van der Waals surface area contributed by atoms with E-state index in [1.165, 1.54) is 4.90 Å². The number of ether oxygens (including phenoxy) is 1. The van der Waals surface area contributed by atoms with Gasteiger partial charge in [0.1, 0.15) is 18.9 Å². The maximum Gasteiger partial charge on any atom is 0.142 e. The van der Waals surface area contributed by atoms with Gasteiger partial charge < -0.3 is 14.5 Å². The van der Waals surface area contributed by atoms with Crippen LogP contribution in [0.25, 0.3) is 0 Å². The van der Waals surface area contributed by atoms with Crippen molar-refractivity contribution >= 4 is 17.5 Å². The van der Waals surface area contributed by atoms with Crippen LogP contribution < -0.4 is 0 Å². The van der Waals surface area contributed by atoms with E-state index < -0.39 is 0 Å². The molecule has 1 heterocycles. The molecule has 0 fully saturated rings. The van der Waals surface area contributed by atoms with Gasteiger partial charge in [-0.05, 0) is 37.8 Å². The first-order chi connectivity index (χ1) is 13.1. The first-order valence-corrected chi connectivity index (χ1v) is 10.3. The summed E-state index contributed by atoms with van der Waals surface area (Å²) in [5.74, 6) is 0. The number of hydrogen-bond donors (Lipinski definition) is 0. The smallest absolute Gasteiger partial charge is 0.142 e. The summed E-state index contributed by atoms with van der Waals surface area (Å²) >= 11 is 1.73. The van der Waals surface area contributed by atoms with Crippen LogP contribution in [-0.4, -0.2) is 35.6 Å². The SMILES string of the molecule is CSc1ccc(C(=NOCc2ccccc2)C(C)(C)N2C=COCC2)cc1. The van der Waals surface area contributed by atoms with Gasteiger partial charge in [0, 0.05) is 16.7 Å². The molecule has 0 radical (unpaired) electrons. The minimum atomic E-state index is -0.335. The van der Waals surface area contributed by atoms with Gasteiger partial charge in [-0.2, -0.15) is 0 Å². The van der Waals surface area contributed by atoms with Gasteiger partial charge in [-0.3, -0.25) is 0 Å². The first-order valence-electron chi connectivity index (χ1n) is 9.05. The van der Waals surface area contributed by atoms with Crippen LogP contribution >= 0.6 is 11.8 Å². The highest BCUT2D eigenvalue weighted by Gasteiger charge is 2.33. The molecule has 27 heavy (non-hydrogen) atoms. The van der Waals surface area contributed by atoms with E-state index in [0.717, 1.165) is 23.4 Å². The van der Waals surface area contributed by atoms with Crippen LogP contribution in [0, 0.1) is 0 Å². The van der Waals surface area contributed by atoms with Crippen LogP contribution in [0.2, 0.25) is 0 Å². The fourth-order valence-electron chi connectivity index (χ4n) is 3.02. The third-order valence-electron chi connectivity index (χ3n) is 4.68. The van der Waals surface area contributed by atoms with Gasteiger partial charge in [0.2, 0.25) is 0 Å². The second-order valence-electron chi connectivity index (χ2n) is 6.84. The third-order valence-corrected chi connectivity index (χ3v) is 5.42. The molecule has 2 aromatic carbocycles. The maximum atomic E-state index is 5.77. The normalized spacial score (nSPS) is 14.8. The Morgan fingerprint density at radius 3 is 2.52 bits per heavy atom.